The van der Waals surface area contributed by atoms with Gasteiger partial charge in [0.05, 0.1) is 29.3 Å². The van der Waals surface area contributed by atoms with Gasteiger partial charge in [0.1, 0.15) is 17.2 Å². The number of esters is 1. The number of ether oxygens (including phenoxy) is 2. The molecule has 0 amide bonds. The summed E-state index contributed by atoms with van der Waals surface area (Å²) in [5, 5.41) is 0.747. The minimum Gasteiger partial charge on any atom is -0.543 e. The number of piperidine rings is 1. The third-order valence-electron chi connectivity index (χ3n) is 8.08. The third kappa shape index (κ3) is 6.80. The number of benzene rings is 1. The van der Waals surface area contributed by atoms with Gasteiger partial charge in [-0.1, -0.05) is 20.8 Å². The molecular formula is C32H44FN3O5Si. The van der Waals surface area contributed by atoms with Crippen LogP contribution >= 0.6 is 0 Å². The zero-order valence-corrected chi connectivity index (χ0v) is 27.3. The van der Waals surface area contributed by atoms with E-state index in [1.807, 2.05) is 23.1 Å². The van der Waals surface area contributed by atoms with Crippen LogP contribution in [0.3, 0.4) is 0 Å². The first kappa shape index (κ1) is 31.5. The lowest BCUT2D eigenvalue weighted by atomic mass is 9.97. The van der Waals surface area contributed by atoms with Gasteiger partial charge >= 0.3 is 12.1 Å². The van der Waals surface area contributed by atoms with E-state index in [9.17, 15) is 9.59 Å². The van der Waals surface area contributed by atoms with Crippen LogP contribution in [0.4, 0.5) is 15.0 Å². The van der Waals surface area contributed by atoms with E-state index < -0.39 is 26.0 Å². The van der Waals surface area contributed by atoms with Crippen molar-refractivity contribution >= 4 is 37.1 Å². The van der Waals surface area contributed by atoms with E-state index in [4.69, 9.17) is 13.9 Å². The molecule has 3 heterocycles. The van der Waals surface area contributed by atoms with Crippen molar-refractivity contribution in [3.63, 3.8) is 0 Å². The molecule has 2 aromatic heterocycles. The second-order valence-electron chi connectivity index (χ2n) is 13.4. The molecule has 0 atom stereocenters. The first-order chi connectivity index (χ1) is 19.5. The topological polar surface area (TPSA) is 82.9 Å². The highest BCUT2D eigenvalue weighted by Gasteiger charge is 2.39. The molecular weight excluding hydrogens is 553 g/mol. The number of hydrogen-bond acceptors (Lipinski definition) is 7. The Bertz CT molecular complexity index is 1460. The van der Waals surface area contributed by atoms with E-state index in [1.54, 1.807) is 45.9 Å². The molecule has 10 heteroatoms. The second kappa shape index (κ2) is 11.7. The van der Waals surface area contributed by atoms with E-state index in [-0.39, 0.29) is 22.5 Å². The number of rotatable bonds is 6. The second-order valence-corrected chi connectivity index (χ2v) is 18.2. The van der Waals surface area contributed by atoms with Crippen LogP contribution in [0.5, 0.6) is 5.75 Å². The zero-order chi connectivity index (χ0) is 31.0. The number of halogens is 1. The minimum absolute atomic E-state index is 0.0141. The summed E-state index contributed by atoms with van der Waals surface area (Å²) in [6, 6.07) is 10.8. The van der Waals surface area contributed by atoms with Crippen molar-refractivity contribution in [2.45, 2.75) is 85.0 Å². The van der Waals surface area contributed by atoms with Crippen LogP contribution in [0.1, 0.15) is 61.3 Å². The number of nitrogens with zero attached hydrogens (tertiary/aromatic N) is 3. The monoisotopic (exact) mass is 597 g/mol. The van der Waals surface area contributed by atoms with Gasteiger partial charge in [-0.15, -0.1) is 0 Å². The number of fused-ring (bicyclic) bond motifs is 1. The quantitative estimate of drug-likeness (QED) is 0.163. The number of carbonyl (C=O) groups is 2. The highest BCUT2D eigenvalue weighted by Crippen LogP contribution is 2.39. The van der Waals surface area contributed by atoms with Crippen molar-refractivity contribution in [1.29, 1.82) is 0 Å². The maximum atomic E-state index is 15.7. The van der Waals surface area contributed by atoms with Gasteiger partial charge in [0, 0.05) is 18.5 Å². The Balaban J connectivity index is 1.70. The molecule has 0 aliphatic carbocycles. The van der Waals surface area contributed by atoms with E-state index in [0.29, 0.717) is 55.3 Å². The number of pyridine rings is 1. The SMILES string of the molecule is CCOC(=O)C1CCN(c2ccc(-c3cc4cc(O[Si](C)(C)C(C)(C)C)ccc4n3C(=O)OC(C)(C)C)c(F)n2)CC1. The Morgan fingerprint density at radius 3 is 2.26 bits per heavy atom. The fraction of sp³-hybridized carbons (Fsp3) is 0.531. The van der Waals surface area contributed by atoms with E-state index in [0.717, 1.165) is 5.39 Å². The predicted molar refractivity (Wildman–Crippen MR) is 166 cm³/mol. The van der Waals surface area contributed by atoms with E-state index >= 15 is 4.39 Å². The fourth-order valence-corrected chi connectivity index (χ4v) is 5.83. The van der Waals surface area contributed by atoms with Crippen molar-refractivity contribution in [2.75, 3.05) is 24.6 Å². The molecule has 0 radical (unpaired) electrons. The van der Waals surface area contributed by atoms with Crippen LogP contribution in [0.2, 0.25) is 18.1 Å². The van der Waals surface area contributed by atoms with Crippen molar-refractivity contribution in [3.05, 3.63) is 42.3 Å². The molecule has 1 fully saturated rings. The first-order valence-corrected chi connectivity index (χ1v) is 17.6. The molecule has 1 saturated heterocycles. The van der Waals surface area contributed by atoms with Gasteiger partial charge in [-0.05, 0) is 95.1 Å². The minimum atomic E-state index is -2.10. The Hall–Kier alpha value is -3.40. The molecule has 3 aromatic rings. The highest BCUT2D eigenvalue weighted by molar-refractivity contribution is 6.74. The Morgan fingerprint density at radius 1 is 1.02 bits per heavy atom. The summed E-state index contributed by atoms with van der Waals surface area (Å²) >= 11 is 0. The fourth-order valence-electron chi connectivity index (χ4n) is 4.80. The van der Waals surface area contributed by atoms with Crippen molar-refractivity contribution in [2.24, 2.45) is 5.92 Å². The van der Waals surface area contributed by atoms with E-state index in [1.165, 1.54) is 4.57 Å². The number of carbonyl (C=O) groups excluding carboxylic acids is 2. The normalized spacial score (nSPS) is 15.1. The molecule has 0 unspecified atom stereocenters. The first-order valence-electron chi connectivity index (χ1n) is 14.7. The highest BCUT2D eigenvalue weighted by atomic mass is 28.4. The number of hydrogen-bond donors (Lipinski definition) is 0. The third-order valence-corrected chi connectivity index (χ3v) is 12.4. The molecule has 0 bridgehead atoms. The average molecular weight is 598 g/mol. The molecule has 1 aromatic carbocycles. The van der Waals surface area contributed by atoms with Gasteiger partial charge in [-0.2, -0.15) is 4.39 Å². The average Bonchev–Trinajstić information content (AvgIpc) is 3.25. The predicted octanol–water partition coefficient (Wildman–Crippen LogP) is 7.79. The molecule has 1 aliphatic heterocycles. The smallest absolute Gasteiger partial charge is 0.419 e. The van der Waals surface area contributed by atoms with Gasteiger partial charge in [0.25, 0.3) is 0 Å². The van der Waals surface area contributed by atoms with Crippen molar-refractivity contribution in [3.8, 4) is 17.0 Å². The summed E-state index contributed by atoms with van der Waals surface area (Å²) < 4.78 is 34.5. The van der Waals surface area contributed by atoms with Gasteiger partial charge in [-0.3, -0.25) is 4.79 Å². The summed E-state index contributed by atoms with van der Waals surface area (Å²) in [7, 11) is -2.10. The molecule has 0 spiro atoms. The van der Waals surface area contributed by atoms with Crippen LogP contribution in [0.25, 0.3) is 22.2 Å². The largest absolute Gasteiger partial charge is 0.543 e. The standard InChI is InChI=1S/C32H44FN3O5Si/c1-10-39-29(37)21-15-17-35(18-16-21)27-14-12-24(28(33)34-27)26-20-22-19-23(41-42(8,9)32(5,6)7)11-13-25(22)36(26)30(38)40-31(2,3)4/h11-14,19-21H,10,15-18H2,1-9H3. The summed E-state index contributed by atoms with van der Waals surface area (Å²) in [4.78, 5) is 31.8. The molecule has 8 nitrogen and oxygen atoms in total. The van der Waals surface area contributed by atoms with Gasteiger partial charge in [0.15, 0.2) is 0 Å². The Kier molecular flexibility index (Phi) is 8.79. The molecule has 0 N–H and O–H groups in total. The lowest BCUT2D eigenvalue weighted by Crippen LogP contribution is -2.43. The van der Waals surface area contributed by atoms with Crippen LogP contribution in [0.15, 0.2) is 36.4 Å². The van der Waals surface area contributed by atoms with Crippen molar-refractivity contribution < 1.29 is 27.9 Å². The maximum absolute atomic E-state index is 15.7. The molecule has 1 aliphatic rings. The number of anilines is 1. The summed E-state index contributed by atoms with van der Waals surface area (Å²) in [5.74, 6) is 0.177. The zero-order valence-electron chi connectivity index (χ0n) is 26.3. The van der Waals surface area contributed by atoms with Crippen LogP contribution in [-0.2, 0) is 14.3 Å². The molecule has 228 valence electrons. The van der Waals surface area contributed by atoms with Crippen LogP contribution in [-0.4, -0.2) is 55.2 Å². The molecule has 42 heavy (non-hydrogen) atoms. The summed E-state index contributed by atoms with van der Waals surface area (Å²) in [5.41, 5.74) is 0.383. The van der Waals surface area contributed by atoms with Crippen LogP contribution < -0.4 is 9.33 Å². The summed E-state index contributed by atoms with van der Waals surface area (Å²) in [6.07, 6.45) is 0.640. The summed E-state index contributed by atoms with van der Waals surface area (Å²) in [6.45, 7) is 19.6. The van der Waals surface area contributed by atoms with Crippen LogP contribution in [0, 0.1) is 11.9 Å². The Morgan fingerprint density at radius 2 is 1.69 bits per heavy atom. The van der Waals surface area contributed by atoms with Gasteiger partial charge in [-0.25, -0.2) is 14.3 Å². The Labute approximate surface area is 249 Å². The van der Waals surface area contributed by atoms with E-state index in [2.05, 4.69) is 38.8 Å². The van der Waals surface area contributed by atoms with Gasteiger partial charge in [0.2, 0.25) is 14.3 Å². The van der Waals surface area contributed by atoms with Crippen molar-refractivity contribution in [1.82, 2.24) is 9.55 Å². The lowest BCUT2D eigenvalue weighted by Gasteiger charge is -2.36. The molecule has 4 rings (SSSR count). The maximum Gasteiger partial charge on any atom is 0.419 e. The molecule has 0 saturated carbocycles. The van der Waals surface area contributed by atoms with Gasteiger partial charge < -0.3 is 18.8 Å². The number of aromatic nitrogens is 2. The lowest BCUT2D eigenvalue weighted by molar-refractivity contribution is -0.148.